The van der Waals surface area contributed by atoms with Crippen LogP contribution in [-0.4, -0.2) is 17.8 Å². The third kappa shape index (κ3) is 3.01. The Morgan fingerprint density at radius 1 is 1.50 bits per heavy atom. The lowest BCUT2D eigenvalue weighted by Crippen LogP contribution is -2.32. The summed E-state index contributed by atoms with van der Waals surface area (Å²) in [5, 5.41) is 12.0. The van der Waals surface area contributed by atoms with Gasteiger partial charge in [0.15, 0.2) is 0 Å². The van der Waals surface area contributed by atoms with E-state index in [1.54, 1.807) is 12.1 Å². The van der Waals surface area contributed by atoms with Gasteiger partial charge < -0.3 is 10.5 Å². The van der Waals surface area contributed by atoms with Crippen molar-refractivity contribution in [2.75, 3.05) is 6.54 Å². The average Bonchev–Trinajstić information content (AvgIpc) is 3.01. The van der Waals surface area contributed by atoms with E-state index in [1.807, 2.05) is 0 Å². The minimum absolute atomic E-state index is 0.189. The van der Waals surface area contributed by atoms with Gasteiger partial charge in [-0.25, -0.2) is 9.87 Å². The zero-order chi connectivity index (χ0) is 11.5. The van der Waals surface area contributed by atoms with Crippen molar-refractivity contribution in [3.8, 4) is 0 Å². The molecule has 0 aromatic heterocycles. The van der Waals surface area contributed by atoms with Crippen LogP contribution in [0.5, 0.6) is 0 Å². The van der Waals surface area contributed by atoms with Crippen LogP contribution in [0.15, 0.2) is 22.7 Å². The smallest absolute Gasteiger partial charge is 0.129 e. The fraction of sp³-hybridized carbons (Fsp3) is 0.455. The molecule has 3 nitrogen and oxygen atoms in total. The van der Waals surface area contributed by atoms with Crippen LogP contribution in [0.3, 0.4) is 0 Å². The summed E-state index contributed by atoms with van der Waals surface area (Å²) in [5.74, 6) is -0.261. The Hall–Kier alpha value is -0.490. The fourth-order valence-corrected chi connectivity index (χ4v) is 2.00. The van der Waals surface area contributed by atoms with Crippen LogP contribution in [0.1, 0.15) is 24.4 Å². The summed E-state index contributed by atoms with van der Waals surface area (Å²) >= 11 is 3.22. The van der Waals surface area contributed by atoms with Gasteiger partial charge in [-0.15, -0.1) is 0 Å². The van der Waals surface area contributed by atoms with Crippen molar-refractivity contribution < 1.29 is 9.60 Å². The molecule has 1 unspecified atom stereocenters. The Morgan fingerprint density at radius 2 is 2.25 bits per heavy atom. The number of hydroxylamine groups is 1. The summed E-state index contributed by atoms with van der Waals surface area (Å²) in [6.45, 7) is 0.301. The normalized spacial score (nSPS) is 17.4. The molecule has 0 saturated heterocycles. The standard InChI is InChI=1S/C11H14BrFN2O/c12-7-1-4-9(10(13)5-7)11(6-14-16)15-8-2-3-8/h1,4-5,8,11,14-16H,2-3,6H2. The summed E-state index contributed by atoms with van der Waals surface area (Å²) in [6.07, 6.45) is 2.25. The lowest BCUT2D eigenvalue weighted by molar-refractivity contribution is 0.154. The van der Waals surface area contributed by atoms with Gasteiger partial charge in [0.25, 0.3) is 0 Å². The highest BCUT2D eigenvalue weighted by Crippen LogP contribution is 2.26. The van der Waals surface area contributed by atoms with Crippen LogP contribution in [0.2, 0.25) is 0 Å². The summed E-state index contributed by atoms with van der Waals surface area (Å²) in [6, 6.07) is 5.25. The predicted octanol–water partition coefficient (Wildman–Crippen LogP) is 2.36. The van der Waals surface area contributed by atoms with E-state index >= 15 is 0 Å². The van der Waals surface area contributed by atoms with E-state index in [4.69, 9.17) is 5.21 Å². The first-order chi connectivity index (χ1) is 7.70. The lowest BCUT2D eigenvalue weighted by atomic mass is 10.1. The summed E-state index contributed by atoms with van der Waals surface area (Å²) in [7, 11) is 0. The Balaban J connectivity index is 2.15. The van der Waals surface area contributed by atoms with Crippen LogP contribution in [-0.2, 0) is 0 Å². The van der Waals surface area contributed by atoms with E-state index in [0.29, 0.717) is 18.2 Å². The predicted molar refractivity (Wildman–Crippen MR) is 62.8 cm³/mol. The van der Waals surface area contributed by atoms with E-state index in [1.165, 1.54) is 6.07 Å². The molecule has 5 heteroatoms. The monoisotopic (exact) mass is 288 g/mol. The van der Waals surface area contributed by atoms with Crippen LogP contribution in [0.25, 0.3) is 0 Å². The van der Waals surface area contributed by atoms with Crippen molar-refractivity contribution in [1.82, 2.24) is 10.8 Å². The highest BCUT2D eigenvalue weighted by atomic mass is 79.9. The molecular formula is C11H14BrFN2O. The number of hydrogen-bond donors (Lipinski definition) is 3. The van der Waals surface area contributed by atoms with Gasteiger partial charge in [0.2, 0.25) is 0 Å². The minimum Gasteiger partial charge on any atom is -0.317 e. The zero-order valence-corrected chi connectivity index (χ0v) is 10.3. The number of hydrogen-bond acceptors (Lipinski definition) is 3. The second-order valence-corrected chi connectivity index (χ2v) is 4.94. The van der Waals surface area contributed by atoms with Crippen LogP contribution >= 0.6 is 15.9 Å². The molecule has 0 bridgehead atoms. The van der Waals surface area contributed by atoms with Gasteiger partial charge >= 0.3 is 0 Å². The Morgan fingerprint density at radius 3 is 2.81 bits per heavy atom. The summed E-state index contributed by atoms with van der Waals surface area (Å²) in [5.41, 5.74) is 2.68. The van der Waals surface area contributed by atoms with E-state index in [-0.39, 0.29) is 11.9 Å². The quantitative estimate of drug-likeness (QED) is 0.729. The number of nitrogens with one attached hydrogen (secondary N) is 2. The van der Waals surface area contributed by atoms with Crippen molar-refractivity contribution in [1.29, 1.82) is 0 Å². The van der Waals surface area contributed by atoms with E-state index in [2.05, 4.69) is 26.7 Å². The van der Waals surface area contributed by atoms with Gasteiger partial charge in [0.05, 0.1) is 6.04 Å². The van der Waals surface area contributed by atoms with Gasteiger partial charge in [-0.05, 0) is 25.0 Å². The molecule has 1 aromatic carbocycles. The van der Waals surface area contributed by atoms with Gasteiger partial charge in [0.1, 0.15) is 5.82 Å². The SMILES string of the molecule is ONCC(NC1CC1)c1ccc(Br)cc1F. The van der Waals surface area contributed by atoms with E-state index < -0.39 is 0 Å². The van der Waals surface area contributed by atoms with E-state index in [9.17, 15) is 4.39 Å². The molecule has 0 heterocycles. The van der Waals surface area contributed by atoms with Crippen molar-refractivity contribution in [3.05, 3.63) is 34.1 Å². The molecule has 1 aliphatic rings. The molecule has 16 heavy (non-hydrogen) atoms. The van der Waals surface area contributed by atoms with Crippen molar-refractivity contribution >= 4 is 15.9 Å². The van der Waals surface area contributed by atoms with E-state index in [0.717, 1.165) is 17.3 Å². The molecule has 3 N–H and O–H groups in total. The summed E-state index contributed by atoms with van der Waals surface area (Å²) < 4.78 is 14.4. The molecule has 1 atom stereocenters. The minimum atomic E-state index is -0.261. The first kappa shape index (κ1) is 12.0. The molecular weight excluding hydrogens is 275 g/mol. The highest BCUT2D eigenvalue weighted by Gasteiger charge is 2.26. The molecule has 1 fully saturated rings. The van der Waals surface area contributed by atoms with Crippen LogP contribution in [0.4, 0.5) is 4.39 Å². The molecule has 88 valence electrons. The first-order valence-corrected chi connectivity index (χ1v) is 6.08. The van der Waals surface area contributed by atoms with Crippen molar-refractivity contribution in [2.24, 2.45) is 0 Å². The number of benzene rings is 1. The molecule has 0 aliphatic heterocycles. The second kappa shape index (κ2) is 5.23. The zero-order valence-electron chi connectivity index (χ0n) is 8.71. The molecule has 0 radical (unpaired) electrons. The average molecular weight is 289 g/mol. The maximum absolute atomic E-state index is 13.7. The Bertz CT molecular complexity index is 371. The van der Waals surface area contributed by atoms with Crippen molar-refractivity contribution in [2.45, 2.75) is 24.9 Å². The maximum atomic E-state index is 13.7. The Kier molecular flexibility index (Phi) is 3.91. The van der Waals surface area contributed by atoms with Gasteiger partial charge in [-0.2, -0.15) is 0 Å². The van der Waals surface area contributed by atoms with Gasteiger partial charge in [-0.1, -0.05) is 22.0 Å². The fourth-order valence-electron chi connectivity index (χ4n) is 1.67. The third-order valence-corrected chi connectivity index (χ3v) is 3.14. The number of halogens is 2. The summed E-state index contributed by atoms with van der Waals surface area (Å²) in [4.78, 5) is 0. The Labute approximate surface area is 102 Å². The molecule has 1 saturated carbocycles. The van der Waals surface area contributed by atoms with Crippen LogP contribution < -0.4 is 10.8 Å². The molecule has 1 aromatic rings. The molecule has 1 aliphatic carbocycles. The molecule has 0 amide bonds. The first-order valence-electron chi connectivity index (χ1n) is 5.28. The number of rotatable bonds is 5. The van der Waals surface area contributed by atoms with Crippen molar-refractivity contribution in [3.63, 3.8) is 0 Å². The molecule has 0 spiro atoms. The second-order valence-electron chi connectivity index (χ2n) is 4.02. The third-order valence-electron chi connectivity index (χ3n) is 2.65. The lowest BCUT2D eigenvalue weighted by Gasteiger charge is -2.18. The molecule has 2 rings (SSSR count). The van der Waals surface area contributed by atoms with Gasteiger partial charge in [0, 0.05) is 22.6 Å². The topological polar surface area (TPSA) is 44.3 Å². The van der Waals surface area contributed by atoms with Gasteiger partial charge in [-0.3, -0.25) is 0 Å². The largest absolute Gasteiger partial charge is 0.317 e. The highest BCUT2D eigenvalue weighted by molar-refractivity contribution is 9.10. The van der Waals surface area contributed by atoms with Crippen LogP contribution in [0, 0.1) is 5.82 Å². The maximum Gasteiger partial charge on any atom is 0.129 e.